The molecule has 30 heavy (non-hydrogen) atoms. The maximum absolute atomic E-state index is 10.9. The number of aryl methyl sites for hydroxylation is 1. The summed E-state index contributed by atoms with van der Waals surface area (Å²) in [4.78, 5) is 0. The molecule has 0 bridgehead atoms. The SMILES string of the molecule is CCc1ccc(Cc2cc3c(cc2Cl)OCC[C@]32O[C@H](CO)[C@@H](O)[C@H](O)[C@H]2O)cc1. The second kappa shape index (κ2) is 8.46. The van der Waals surface area contributed by atoms with E-state index in [0.29, 0.717) is 22.8 Å². The number of benzene rings is 2. The number of ether oxygens (including phenoxy) is 2. The average Bonchev–Trinajstić information content (AvgIpc) is 2.76. The molecular weight excluding hydrogens is 408 g/mol. The number of rotatable bonds is 4. The predicted octanol–water partition coefficient (Wildman–Crippen LogP) is 1.94. The molecule has 0 aromatic heterocycles. The van der Waals surface area contributed by atoms with Crippen molar-refractivity contribution >= 4 is 11.6 Å². The van der Waals surface area contributed by atoms with E-state index >= 15 is 0 Å². The molecule has 0 unspecified atom stereocenters. The maximum Gasteiger partial charge on any atom is 0.129 e. The maximum atomic E-state index is 10.9. The molecule has 4 N–H and O–H groups in total. The van der Waals surface area contributed by atoms with Crippen molar-refractivity contribution in [2.45, 2.75) is 56.2 Å². The van der Waals surface area contributed by atoms with Crippen LogP contribution in [0.2, 0.25) is 5.02 Å². The van der Waals surface area contributed by atoms with Crippen molar-refractivity contribution in [3.05, 3.63) is 63.7 Å². The molecule has 2 aromatic carbocycles. The molecule has 2 heterocycles. The zero-order valence-corrected chi connectivity index (χ0v) is 17.5. The highest BCUT2D eigenvalue weighted by molar-refractivity contribution is 6.31. The number of halogens is 1. The van der Waals surface area contributed by atoms with Crippen LogP contribution in [0.5, 0.6) is 5.75 Å². The first-order valence-corrected chi connectivity index (χ1v) is 10.6. The number of aliphatic hydroxyl groups is 4. The molecule has 2 aromatic rings. The van der Waals surface area contributed by atoms with Crippen molar-refractivity contribution in [1.29, 1.82) is 0 Å². The lowest BCUT2D eigenvalue weighted by molar-refractivity contribution is -0.286. The minimum atomic E-state index is -1.46. The molecule has 2 aliphatic rings. The fourth-order valence-electron chi connectivity index (χ4n) is 4.41. The molecule has 7 heteroatoms. The first kappa shape index (κ1) is 21.6. The molecular formula is C23H27ClO6. The fourth-order valence-corrected chi connectivity index (χ4v) is 4.63. The minimum absolute atomic E-state index is 0.249. The third-order valence-corrected chi connectivity index (χ3v) is 6.59. The first-order chi connectivity index (χ1) is 14.4. The highest BCUT2D eigenvalue weighted by atomic mass is 35.5. The predicted molar refractivity (Wildman–Crippen MR) is 112 cm³/mol. The van der Waals surface area contributed by atoms with E-state index in [9.17, 15) is 20.4 Å². The summed E-state index contributed by atoms with van der Waals surface area (Å²) < 4.78 is 11.8. The quantitative estimate of drug-likeness (QED) is 0.587. The lowest BCUT2D eigenvalue weighted by Crippen LogP contribution is -2.64. The number of aliphatic hydroxyl groups excluding tert-OH is 4. The third kappa shape index (κ3) is 3.62. The topological polar surface area (TPSA) is 99.4 Å². The number of hydrogen-bond acceptors (Lipinski definition) is 6. The van der Waals surface area contributed by atoms with Crippen molar-refractivity contribution in [1.82, 2.24) is 0 Å². The Balaban J connectivity index is 1.74. The molecule has 0 amide bonds. The standard InChI is InChI=1S/C23H27ClO6/c1-2-13-3-5-14(6-4-13)9-15-10-16-18(11-17(15)24)29-8-7-23(16)22(28)21(27)20(26)19(12-25)30-23/h3-6,10-11,19-22,25-28H,2,7-9,12H2,1H3/t19-,20-,21+,22-,23+/m1/s1. The van der Waals surface area contributed by atoms with Crippen molar-refractivity contribution in [2.24, 2.45) is 0 Å². The van der Waals surface area contributed by atoms with Crippen LogP contribution in [0, 0.1) is 0 Å². The Bertz CT molecular complexity index is 899. The zero-order valence-electron chi connectivity index (χ0n) is 16.8. The van der Waals surface area contributed by atoms with Crippen molar-refractivity contribution in [3.63, 3.8) is 0 Å². The van der Waals surface area contributed by atoms with Gasteiger partial charge >= 0.3 is 0 Å². The van der Waals surface area contributed by atoms with Crippen LogP contribution >= 0.6 is 11.6 Å². The van der Waals surface area contributed by atoms with E-state index in [0.717, 1.165) is 17.5 Å². The van der Waals surface area contributed by atoms with Gasteiger partial charge in [-0.2, -0.15) is 0 Å². The molecule has 1 saturated heterocycles. The highest BCUT2D eigenvalue weighted by Gasteiger charge is 2.56. The minimum Gasteiger partial charge on any atom is -0.493 e. The van der Waals surface area contributed by atoms with Gasteiger partial charge in [0, 0.05) is 17.0 Å². The fraction of sp³-hybridized carbons (Fsp3) is 0.478. The summed E-state index contributed by atoms with van der Waals surface area (Å²) in [5, 5.41) is 41.7. The summed E-state index contributed by atoms with van der Waals surface area (Å²) in [5.74, 6) is 0.468. The second-order valence-corrected chi connectivity index (χ2v) is 8.45. The lowest BCUT2D eigenvalue weighted by atomic mass is 9.76. The molecule has 0 saturated carbocycles. The van der Waals surface area contributed by atoms with E-state index in [4.69, 9.17) is 21.1 Å². The van der Waals surface area contributed by atoms with Crippen LogP contribution < -0.4 is 4.74 Å². The van der Waals surface area contributed by atoms with Gasteiger partial charge in [-0.1, -0.05) is 42.8 Å². The van der Waals surface area contributed by atoms with E-state index in [1.54, 1.807) is 6.07 Å². The van der Waals surface area contributed by atoms with E-state index < -0.39 is 36.6 Å². The van der Waals surface area contributed by atoms with E-state index in [1.807, 2.05) is 6.07 Å². The Hall–Kier alpha value is -1.67. The van der Waals surface area contributed by atoms with Crippen molar-refractivity contribution in [3.8, 4) is 5.75 Å². The Kier molecular flexibility index (Phi) is 6.08. The smallest absolute Gasteiger partial charge is 0.129 e. The van der Waals surface area contributed by atoms with Gasteiger partial charge in [-0.15, -0.1) is 0 Å². The summed E-state index contributed by atoms with van der Waals surface area (Å²) in [6.07, 6.45) is -3.42. The van der Waals surface area contributed by atoms with Gasteiger partial charge in [-0.3, -0.25) is 0 Å². The highest BCUT2D eigenvalue weighted by Crippen LogP contribution is 2.48. The Morgan fingerprint density at radius 2 is 1.77 bits per heavy atom. The number of hydrogen-bond donors (Lipinski definition) is 4. The van der Waals surface area contributed by atoms with Gasteiger partial charge in [0.05, 0.1) is 13.2 Å². The van der Waals surface area contributed by atoms with Crippen LogP contribution in [0.15, 0.2) is 36.4 Å². The van der Waals surface area contributed by atoms with Crippen LogP contribution in [0.25, 0.3) is 0 Å². The second-order valence-electron chi connectivity index (χ2n) is 8.04. The Morgan fingerprint density at radius 1 is 1.07 bits per heavy atom. The van der Waals surface area contributed by atoms with Gasteiger partial charge in [0.1, 0.15) is 35.8 Å². The monoisotopic (exact) mass is 434 g/mol. The molecule has 4 rings (SSSR count). The van der Waals surface area contributed by atoms with Crippen molar-refractivity contribution in [2.75, 3.05) is 13.2 Å². The van der Waals surface area contributed by atoms with Crippen LogP contribution in [0.1, 0.15) is 35.6 Å². The Labute approximate surface area is 180 Å². The Morgan fingerprint density at radius 3 is 2.43 bits per heavy atom. The summed E-state index contributed by atoms with van der Waals surface area (Å²) in [5.41, 5.74) is 2.44. The van der Waals surface area contributed by atoms with Gasteiger partial charge in [0.2, 0.25) is 0 Å². The molecule has 0 aliphatic carbocycles. The van der Waals surface area contributed by atoms with Crippen LogP contribution in [-0.4, -0.2) is 58.1 Å². The molecule has 162 valence electrons. The molecule has 2 aliphatic heterocycles. The van der Waals surface area contributed by atoms with E-state index in [2.05, 4.69) is 31.2 Å². The molecule has 0 radical (unpaired) electrons. The lowest BCUT2D eigenvalue weighted by Gasteiger charge is -2.50. The largest absolute Gasteiger partial charge is 0.493 e. The summed E-state index contributed by atoms with van der Waals surface area (Å²) in [6.45, 7) is 1.88. The number of fused-ring (bicyclic) bond motifs is 2. The summed E-state index contributed by atoms with van der Waals surface area (Å²) in [7, 11) is 0. The van der Waals surface area contributed by atoms with E-state index in [1.165, 1.54) is 5.56 Å². The van der Waals surface area contributed by atoms with Crippen LogP contribution in [0.3, 0.4) is 0 Å². The van der Waals surface area contributed by atoms with Gasteiger partial charge in [-0.05, 0) is 41.7 Å². The average molecular weight is 435 g/mol. The van der Waals surface area contributed by atoms with Gasteiger partial charge in [0.15, 0.2) is 0 Å². The molecule has 1 fully saturated rings. The molecule has 5 atom stereocenters. The zero-order chi connectivity index (χ0) is 21.5. The summed E-state index contributed by atoms with van der Waals surface area (Å²) >= 11 is 6.53. The normalized spacial score (nSPS) is 30.7. The van der Waals surface area contributed by atoms with Crippen molar-refractivity contribution < 1.29 is 29.9 Å². The van der Waals surface area contributed by atoms with Crippen LogP contribution in [0.4, 0.5) is 0 Å². The van der Waals surface area contributed by atoms with E-state index in [-0.39, 0.29) is 13.0 Å². The van der Waals surface area contributed by atoms with Gasteiger partial charge in [0.25, 0.3) is 0 Å². The first-order valence-electron chi connectivity index (χ1n) is 10.3. The van der Waals surface area contributed by atoms with Gasteiger partial charge < -0.3 is 29.9 Å². The summed E-state index contributed by atoms with van der Waals surface area (Å²) in [6, 6.07) is 11.8. The molecule has 6 nitrogen and oxygen atoms in total. The molecule has 1 spiro atoms. The van der Waals surface area contributed by atoms with Gasteiger partial charge in [-0.25, -0.2) is 0 Å². The van der Waals surface area contributed by atoms with Crippen LogP contribution in [-0.2, 0) is 23.2 Å². The third-order valence-electron chi connectivity index (χ3n) is 6.24.